The first-order valence-electron chi connectivity index (χ1n) is 10.6. The average molecular weight is 447 g/mol. The maximum Gasteiger partial charge on any atom is 0.336 e. The van der Waals surface area contributed by atoms with Crippen LogP contribution in [0.25, 0.3) is 23.4 Å². The first-order chi connectivity index (χ1) is 16.7. The largest absolute Gasteiger partial charge is 0.422 e. The Bertz CT molecular complexity index is 1230. The number of esters is 2. The third-order valence-electron chi connectivity index (χ3n) is 4.75. The molecule has 0 saturated carbocycles. The fourth-order valence-corrected chi connectivity index (χ4v) is 3.19. The lowest BCUT2D eigenvalue weighted by Crippen LogP contribution is -2.08. The van der Waals surface area contributed by atoms with E-state index in [4.69, 9.17) is 9.47 Å². The molecule has 4 aromatic rings. The first-order valence-corrected chi connectivity index (χ1v) is 10.6. The molecule has 5 nitrogen and oxygen atoms in total. The van der Waals surface area contributed by atoms with E-state index in [9.17, 15) is 9.59 Å². The topological polar surface area (TPSA) is 65.5 Å². The van der Waals surface area contributed by atoms with Gasteiger partial charge in [-0.25, -0.2) is 9.59 Å². The van der Waals surface area contributed by atoms with Gasteiger partial charge in [-0.2, -0.15) is 0 Å². The minimum atomic E-state index is -0.562. The summed E-state index contributed by atoms with van der Waals surface area (Å²) >= 11 is 0. The molecule has 0 radical (unpaired) electrons. The molecule has 34 heavy (non-hydrogen) atoms. The van der Waals surface area contributed by atoms with Crippen molar-refractivity contribution in [3.8, 4) is 22.8 Å². The number of benzene rings is 3. The molecule has 0 aliphatic heterocycles. The molecule has 0 N–H and O–H groups in total. The number of hydrogen-bond acceptors (Lipinski definition) is 5. The number of carbonyl (C=O) groups excluding carboxylic acids is 2. The summed E-state index contributed by atoms with van der Waals surface area (Å²) in [5.74, 6) is -0.653. The molecule has 4 rings (SSSR count). The molecule has 5 heteroatoms. The SMILES string of the molecule is O=C(/C=C/c1ccccc1)Oc1cccc(OC(=O)/C=C/c2ccccc2)c1-c1ccccn1. The maximum atomic E-state index is 12.5. The number of hydrogen-bond donors (Lipinski definition) is 0. The Balaban J connectivity index is 1.59. The predicted octanol–water partition coefficient (Wildman–Crippen LogP) is 5.99. The molecule has 0 aliphatic rings. The van der Waals surface area contributed by atoms with E-state index < -0.39 is 11.9 Å². The van der Waals surface area contributed by atoms with Crippen molar-refractivity contribution in [2.24, 2.45) is 0 Å². The second-order valence-corrected chi connectivity index (χ2v) is 7.17. The number of ether oxygens (including phenoxy) is 2. The Morgan fingerprint density at radius 2 is 1.09 bits per heavy atom. The van der Waals surface area contributed by atoms with Crippen LogP contribution in [0.5, 0.6) is 11.5 Å². The summed E-state index contributed by atoms with van der Waals surface area (Å²) < 4.78 is 11.2. The summed E-state index contributed by atoms with van der Waals surface area (Å²) in [7, 11) is 0. The highest BCUT2D eigenvalue weighted by Gasteiger charge is 2.18. The van der Waals surface area contributed by atoms with Gasteiger partial charge in [0, 0.05) is 18.3 Å². The fraction of sp³-hybridized carbons (Fsp3) is 0. The summed E-state index contributed by atoms with van der Waals surface area (Å²) in [6, 6.07) is 29.1. The average Bonchev–Trinajstić information content (AvgIpc) is 2.88. The summed E-state index contributed by atoms with van der Waals surface area (Å²) in [4.78, 5) is 29.4. The Hall–Kier alpha value is -4.77. The lowest BCUT2D eigenvalue weighted by molar-refractivity contribution is -0.129. The van der Waals surface area contributed by atoms with Crippen molar-refractivity contribution in [2.75, 3.05) is 0 Å². The van der Waals surface area contributed by atoms with Crippen LogP contribution < -0.4 is 9.47 Å². The van der Waals surface area contributed by atoms with E-state index in [-0.39, 0.29) is 11.5 Å². The zero-order valence-electron chi connectivity index (χ0n) is 18.2. The van der Waals surface area contributed by atoms with Crippen molar-refractivity contribution in [3.05, 3.63) is 127 Å². The standard InChI is InChI=1S/C29H21NO4/c31-27(19-17-22-10-3-1-4-11-22)33-25-15-9-16-26(29(25)24-14-7-8-21-30-24)34-28(32)20-18-23-12-5-2-6-13-23/h1-21H/b19-17+,20-18+. The van der Waals surface area contributed by atoms with Gasteiger partial charge in [-0.3, -0.25) is 4.98 Å². The van der Waals surface area contributed by atoms with Crippen molar-refractivity contribution in [1.29, 1.82) is 0 Å². The molecular weight excluding hydrogens is 426 g/mol. The second kappa shape index (κ2) is 11.2. The molecule has 0 aliphatic carbocycles. The molecular formula is C29H21NO4. The minimum Gasteiger partial charge on any atom is -0.422 e. The van der Waals surface area contributed by atoms with E-state index in [0.29, 0.717) is 11.3 Å². The number of rotatable bonds is 7. The van der Waals surface area contributed by atoms with Gasteiger partial charge in [0.15, 0.2) is 0 Å². The van der Waals surface area contributed by atoms with Crippen molar-refractivity contribution in [1.82, 2.24) is 4.98 Å². The first kappa shape index (κ1) is 22.4. The Kier molecular flexibility index (Phi) is 7.39. The summed E-state index contributed by atoms with van der Waals surface area (Å²) in [5.41, 5.74) is 2.66. The number of nitrogens with zero attached hydrogens (tertiary/aromatic N) is 1. The van der Waals surface area contributed by atoms with Gasteiger partial charge in [0.05, 0.1) is 11.3 Å². The van der Waals surface area contributed by atoms with E-state index >= 15 is 0 Å². The van der Waals surface area contributed by atoms with Gasteiger partial charge in [0.25, 0.3) is 0 Å². The maximum absolute atomic E-state index is 12.5. The number of carbonyl (C=O) groups is 2. The van der Waals surface area contributed by atoms with Crippen LogP contribution >= 0.6 is 0 Å². The Labute approximate surface area is 197 Å². The van der Waals surface area contributed by atoms with E-state index in [2.05, 4.69) is 4.98 Å². The molecule has 0 atom stereocenters. The van der Waals surface area contributed by atoms with Crippen LogP contribution in [0.2, 0.25) is 0 Å². The monoisotopic (exact) mass is 447 g/mol. The Morgan fingerprint density at radius 3 is 1.56 bits per heavy atom. The van der Waals surface area contributed by atoms with Crippen molar-refractivity contribution in [2.45, 2.75) is 0 Å². The molecule has 0 fully saturated rings. The highest BCUT2D eigenvalue weighted by molar-refractivity contribution is 5.92. The third kappa shape index (κ3) is 6.14. The highest BCUT2D eigenvalue weighted by Crippen LogP contribution is 2.37. The molecule has 3 aromatic carbocycles. The van der Waals surface area contributed by atoms with Gasteiger partial charge in [-0.15, -0.1) is 0 Å². The zero-order chi connectivity index (χ0) is 23.6. The smallest absolute Gasteiger partial charge is 0.336 e. The van der Waals surface area contributed by atoms with Crippen molar-refractivity contribution in [3.63, 3.8) is 0 Å². The quantitative estimate of drug-likeness (QED) is 0.198. The van der Waals surface area contributed by atoms with Gasteiger partial charge in [-0.1, -0.05) is 72.8 Å². The van der Waals surface area contributed by atoms with Crippen LogP contribution in [0.3, 0.4) is 0 Å². The minimum absolute atomic E-state index is 0.235. The summed E-state index contributed by atoms with van der Waals surface area (Å²) in [5, 5.41) is 0. The molecule has 0 amide bonds. The van der Waals surface area contributed by atoms with Gasteiger partial charge in [0.1, 0.15) is 11.5 Å². The van der Waals surface area contributed by atoms with Crippen LogP contribution in [0.15, 0.2) is 115 Å². The van der Waals surface area contributed by atoms with E-state index in [1.165, 1.54) is 12.2 Å². The lowest BCUT2D eigenvalue weighted by atomic mass is 10.1. The van der Waals surface area contributed by atoms with Gasteiger partial charge < -0.3 is 9.47 Å². The molecule has 1 heterocycles. The number of pyridine rings is 1. The van der Waals surface area contributed by atoms with Crippen LogP contribution in [0.1, 0.15) is 11.1 Å². The molecule has 0 bridgehead atoms. The Morgan fingerprint density at radius 1 is 0.588 bits per heavy atom. The highest BCUT2D eigenvalue weighted by atomic mass is 16.5. The second-order valence-electron chi connectivity index (χ2n) is 7.17. The summed E-state index contributed by atoms with van der Waals surface area (Å²) in [6.45, 7) is 0. The van der Waals surface area contributed by atoms with Crippen molar-refractivity contribution < 1.29 is 19.1 Å². The van der Waals surface area contributed by atoms with Gasteiger partial charge in [0.2, 0.25) is 0 Å². The molecule has 0 unspecified atom stereocenters. The molecule has 166 valence electrons. The van der Waals surface area contributed by atoms with Crippen LogP contribution in [0, 0.1) is 0 Å². The predicted molar refractivity (Wildman–Crippen MR) is 132 cm³/mol. The van der Waals surface area contributed by atoms with E-state index in [0.717, 1.165) is 11.1 Å². The normalized spacial score (nSPS) is 10.9. The molecule has 0 saturated heterocycles. The van der Waals surface area contributed by atoms with Crippen LogP contribution in [-0.4, -0.2) is 16.9 Å². The lowest BCUT2D eigenvalue weighted by Gasteiger charge is -2.13. The number of aromatic nitrogens is 1. The van der Waals surface area contributed by atoms with Gasteiger partial charge in [-0.05, 0) is 47.5 Å². The van der Waals surface area contributed by atoms with Crippen molar-refractivity contribution >= 4 is 24.1 Å². The van der Waals surface area contributed by atoms with Crippen LogP contribution in [-0.2, 0) is 9.59 Å². The molecule has 1 aromatic heterocycles. The van der Waals surface area contributed by atoms with E-state index in [1.54, 1.807) is 54.7 Å². The van der Waals surface area contributed by atoms with E-state index in [1.807, 2.05) is 60.7 Å². The third-order valence-corrected chi connectivity index (χ3v) is 4.75. The summed E-state index contributed by atoms with van der Waals surface area (Å²) in [6.07, 6.45) is 7.64. The van der Waals surface area contributed by atoms with Crippen LogP contribution in [0.4, 0.5) is 0 Å². The van der Waals surface area contributed by atoms with Gasteiger partial charge >= 0.3 is 11.9 Å². The molecule has 0 spiro atoms. The fourth-order valence-electron chi connectivity index (χ4n) is 3.19. The zero-order valence-corrected chi connectivity index (χ0v) is 18.2.